The first-order chi connectivity index (χ1) is 11.1. The van der Waals surface area contributed by atoms with Crippen molar-refractivity contribution >= 4 is 17.5 Å². The molecule has 0 aliphatic heterocycles. The van der Waals surface area contributed by atoms with Gasteiger partial charge in [0, 0.05) is 12.5 Å². The van der Waals surface area contributed by atoms with Crippen molar-refractivity contribution in [2.75, 3.05) is 0 Å². The first-order valence-electron chi connectivity index (χ1n) is 7.32. The number of primary amides is 1. The van der Waals surface area contributed by atoms with Gasteiger partial charge in [0.25, 0.3) is 0 Å². The Morgan fingerprint density at radius 2 is 2.04 bits per heavy atom. The second kappa shape index (κ2) is 8.34. The molecular formula is C15H20FN3O5. The molecule has 8 nitrogen and oxygen atoms in total. The number of nitrogens with two attached hydrogens (primary N) is 1. The third-order valence-corrected chi connectivity index (χ3v) is 3.30. The fraction of sp³-hybridized carbons (Fsp3) is 0.467. The van der Waals surface area contributed by atoms with E-state index >= 15 is 0 Å². The molecule has 1 rings (SSSR count). The summed E-state index contributed by atoms with van der Waals surface area (Å²) in [6, 6.07) is 1.96. The number of carbonyl (C=O) groups is 2. The van der Waals surface area contributed by atoms with Gasteiger partial charge in [0.15, 0.2) is 0 Å². The number of nitro benzene ring substituents is 1. The van der Waals surface area contributed by atoms with E-state index in [1.54, 1.807) is 0 Å². The van der Waals surface area contributed by atoms with Crippen molar-refractivity contribution in [2.45, 2.75) is 38.8 Å². The summed E-state index contributed by atoms with van der Waals surface area (Å²) in [5.41, 5.74) is 4.74. The third kappa shape index (κ3) is 5.58. The van der Waals surface area contributed by atoms with Crippen molar-refractivity contribution in [2.24, 2.45) is 11.7 Å². The topological polar surface area (TPSA) is 136 Å². The van der Waals surface area contributed by atoms with Crippen LogP contribution in [0.1, 0.15) is 25.8 Å². The summed E-state index contributed by atoms with van der Waals surface area (Å²) in [6.45, 7) is 3.64. The molecule has 0 heterocycles. The van der Waals surface area contributed by atoms with Gasteiger partial charge in [-0.15, -0.1) is 0 Å². The Morgan fingerprint density at radius 1 is 1.42 bits per heavy atom. The quantitative estimate of drug-likeness (QED) is 0.471. The standard InChI is InChI=1S/C15H20FN3O5/c1-8(2)5-13(20)15(22)18-11(14(17)21)6-9-3-4-10(16)12(7-9)19(23)24/h3-4,7-8,11,13,20H,5-6H2,1-2H3,(H2,17,21)(H,18,22)/t11-,13-/m0/s1. The number of aliphatic hydroxyl groups is 1. The van der Waals surface area contributed by atoms with Crippen LogP contribution in [0.25, 0.3) is 0 Å². The number of aliphatic hydroxyl groups excluding tert-OH is 1. The minimum absolute atomic E-state index is 0.0672. The van der Waals surface area contributed by atoms with Crippen LogP contribution in [-0.4, -0.2) is 34.0 Å². The zero-order chi connectivity index (χ0) is 18.4. The first kappa shape index (κ1) is 19.5. The van der Waals surface area contributed by atoms with Gasteiger partial charge in [0.2, 0.25) is 17.6 Å². The van der Waals surface area contributed by atoms with Crippen LogP contribution in [-0.2, 0) is 16.0 Å². The lowest BCUT2D eigenvalue weighted by atomic mass is 10.0. The fourth-order valence-electron chi connectivity index (χ4n) is 2.11. The smallest absolute Gasteiger partial charge is 0.305 e. The average Bonchev–Trinajstić information content (AvgIpc) is 2.47. The van der Waals surface area contributed by atoms with Gasteiger partial charge in [-0.25, -0.2) is 0 Å². The van der Waals surface area contributed by atoms with Gasteiger partial charge in [-0.1, -0.05) is 19.9 Å². The molecule has 0 spiro atoms. The highest BCUT2D eigenvalue weighted by atomic mass is 19.1. The summed E-state index contributed by atoms with van der Waals surface area (Å²) in [5.74, 6) is -2.57. The monoisotopic (exact) mass is 341 g/mol. The van der Waals surface area contributed by atoms with E-state index in [0.29, 0.717) is 0 Å². The van der Waals surface area contributed by atoms with Crippen LogP contribution in [0.4, 0.5) is 10.1 Å². The second-order valence-electron chi connectivity index (χ2n) is 5.86. The predicted octanol–water partition coefficient (Wildman–Crippen LogP) is 0.653. The highest BCUT2D eigenvalue weighted by Gasteiger charge is 2.24. The Hall–Kier alpha value is -2.55. The molecule has 2 atom stereocenters. The van der Waals surface area contributed by atoms with Crippen LogP contribution in [0.2, 0.25) is 0 Å². The Morgan fingerprint density at radius 3 is 2.54 bits per heavy atom. The highest BCUT2D eigenvalue weighted by molar-refractivity contribution is 5.88. The van der Waals surface area contributed by atoms with E-state index in [1.807, 2.05) is 13.8 Å². The van der Waals surface area contributed by atoms with Crippen LogP contribution < -0.4 is 11.1 Å². The molecule has 0 saturated heterocycles. The Labute approximate surface area is 138 Å². The molecule has 0 radical (unpaired) electrons. The number of nitrogens with zero attached hydrogens (tertiary/aromatic N) is 1. The Balaban J connectivity index is 2.87. The second-order valence-corrected chi connectivity index (χ2v) is 5.86. The molecule has 2 amide bonds. The zero-order valence-electron chi connectivity index (χ0n) is 13.4. The molecule has 0 aliphatic carbocycles. The lowest BCUT2D eigenvalue weighted by Crippen LogP contribution is -2.49. The molecule has 0 aliphatic rings. The summed E-state index contributed by atoms with van der Waals surface area (Å²) in [7, 11) is 0. The van der Waals surface area contributed by atoms with Crippen LogP contribution in [0.5, 0.6) is 0 Å². The first-order valence-corrected chi connectivity index (χ1v) is 7.32. The zero-order valence-corrected chi connectivity index (χ0v) is 13.4. The maximum Gasteiger partial charge on any atom is 0.305 e. The summed E-state index contributed by atoms with van der Waals surface area (Å²) in [6.07, 6.45) is -1.25. The van der Waals surface area contributed by atoms with E-state index in [4.69, 9.17) is 5.73 Å². The molecule has 1 aromatic rings. The lowest BCUT2D eigenvalue weighted by Gasteiger charge is -2.19. The van der Waals surface area contributed by atoms with Crippen LogP contribution >= 0.6 is 0 Å². The number of benzene rings is 1. The number of amides is 2. The third-order valence-electron chi connectivity index (χ3n) is 3.30. The van der Waals surface area contributed by atoms with E-state index in [2.05, 4.69) is 5.32 Å². The van der Waals surface area contributed by atoms with Gasteiger partial charge >= 0.3 is 5.69 Å². The minimum Gasteiger partial charge on any atom is -0.383 e. The number of carbonyl (C=O) groups excluding carboxylic acids is 2. The van der Waals surface area contributed by atoms with E-state index in [9.17, 15) is 29.2 Å². The maximum atomic E-state index is 13.3. The number of hydrogen-bond donors (Lipinski definition) is 3. The van der Waals surface area contributed by atoms with Crippen molar-refractivity contribution < 1.29 is 24.0 Å². The molecule has 0 saturated carbocycles. The summed E-state index contributed by atoms with van der Waals surface area (Å²) in [4.78, 5) is 33.2. The van der Waals surface area contributed by atoms with E-state index in [-0.39, 0.29) is 24.3 Å². The van der Waals surface area contributed by atoms with Gasteiger partial charge in [-0.2, -0.15) is 4.39 Å². The number of halogens is 1. The minimum atomic E-state index is -1.30. The van der Waals surface area contributed by atoms with Crippen LogP contribution in [0, 0.1) is 21.8 Å². The van der Waals surface area contributed by atoms with Gasteiger partial charge in [0.05, 0.1) is 4.92 Å². The number of rotatable bonds is 8. The predicted molar refractivity (Wildman–Crippen MR) is 83.3 cm³/mol. The largest absolute Gasteiger partial charge is 0.383 e. The summed E-state index contributed by atoms with van der Waals surface area (Å²) in [5, 5.41) is 22.8. The molecule has 4 N–H and O–H groups in total. The molecule has 1 aromatic carbocycles. The van der Waals surface area contributed by atoms with Crippen LogP contribution in [0.3, 0.4) is 0 Å². The molecule has 0 fully saturated rings. The highest BCUT2D eigenvalue weighted by Crippen LogP contribution is 2.19. The number of nitrogens with one attached hydrogen (secondary N) is 1. The SMILES string of the molecule is CC(C)C[C@H](O)C(=O)N[C@@H](Cc1ccc(F)c([N+](=O)[O-])c1)C(N)=O. The van der Waals surface area contributed by atoms with Gasteiger partial charge in [0.1, 0.15) is 12.1 Å². The molecular weight excluding hydrogens is 321 g/mol. The average molecular weight is 341 g/mol. The molecule has 132 valence electrons. The normalized spacial score (nSPS) is 13.4. The van der Waals surface area contributed by atoms with E-state index in [1.165, 1.54) is 6.07 Å². The van der Waals surface area contributed by atoms with Gasteiger partial charge in [-0.3, -0.25) is 19.7 Å². The van der Waals surface area contributed by atoms with Gasteiger partial charge < -0.3 is 16.2 Å². The van der Waals surface area contributed by atoms with Crippen molar-refractivity contribution in [3.8, 4) is 0 Å². The van der Waals surface area contributed by atoms with Crippen molar-refractivity contribution in [3.63, 3.8) is 0 Å². The number of hydrogen-bond acceptors (Lipinski definition) is 5. The molecule has 24 heavy (non-hydrogen) atoms. The Kier molecular flexibility index (Phi) is 6.78. The molecule has 0 bridgehead atoms. The number of nitro groups is 1. The van der Waals surface area contributed by atoms with E-state index in [0.717, 1.165) is 12.1 Å². The molecule has 0 unspecified atom stereocenters. The van der Waals surface area contributed by atoms with Gasteiger partial charge in [-0.05, 0) is 24.0 Å². The van der Waals surface area contributed by atoms with Crippen molar-refractivity contribution in [1.29, 1.82) is 0 Å². The molecule has 0 aromatic heterocycles. The Bertz CT molecular complexity index is 636. The van der Waals surface area contributed by atoms with Crippen molar-refractivity contribution in [3.05, 3.63) is 39.7 Å². The maximum absolute atomic E-state index is 13.3. The summed E-state index contributed by atoms with van der Waals surface area (Å²) < 4.78 is 13.3. The summed E-state index contributed by atoms with van der Waals surface area (Å²) >= 11 is 0. The lowest BCUT2D eigenvalue weighted by molar-refractivity contribution is -0.387. The molecule has 9 heteroatoms. The van der Waals surface area contributed by atoms with Crippen LogP contribution in [0.15, 0.2) is 18.2 Å². The van der Waals surface area contributed by atoms with E-state index < -0.39 is 40.4 Å². The van der Waals surface area contributed by atoms with Crippen molar-refractivity contribution in [1.82, 2.24) is 5.32 Å². The fourth-order valence-corrected chi connectivity index (χ4v) is 2.11.